The zero-order valence-electron chi connectivity index (χ0n) is 10.3. The molecule has 92 valence electrons. The molecule has 0 spiro atoms. The molecule has 1 N–H and O–H groups in total. The number of rotatable bonds is 7. The van der Waals surface area contributed by atoms with E-state index < -0.39 is 0 Å². The van der Waals surface area contributed by atoms with Crippen LogP contribution in [0.1, 0.15) is 20.3 Å². The fourth-order valence-electron chi connectivity index (χ4n) is 1.65. The van der Waals surface area contributed by atoms with Crippen LogP contribution in [0.2, 0.25) is 0 Å². The van der Waals surface area contributed by atoms with E-state index in [2.05, 4.69) is 18.8 Å². The van der Waals surface area contributed by atoms with Crippen LogP contribution in [0.3, 0.4) is 0 Å². The Hall–Kier alpha value is -0.870. The van der Waals surface area contributed by atoms with Crippen molar-refractivity contribution in [1.29, 1.82) is 0 Å². The van der Waals surface area contributed by atoms with Gasteiger partial charge in [-0.15, -0.1) is 6.58 Å². The first kappa shape index (κ1) is 13.2. The Morgan fingerprint density at radius 3 is 2.75 bits per heavy atom. The van der Waals surface area contributed by atoms with Crippen LogP contribution >= 0.6 is 0 Å². The van der Waals surface area contributed by atoms with Gasteiger partial charge in [-0.25, -0.2) is 0 Å². The number of amides is 1. The highest BCUT2D eigenvalue weighted by molar-refractivity contribution is 5.77. The molecule has 0 saturated carbocycles. The molecule has 1 aliphatic heterocycles. The van der Waals surface area contributed by atoms with Gasteiger partial charge in [-0.3, -0.25) is 4.79 Å². The molecule has 16 heavy (non-hydrogen) atoms. The molecule has 0 radical (unpaired) electrons. The fourth-order valence-corrected chi connectivity index (χ4v) is 1.65. The molecule has 0 aliphatic carbocycles. The van der Waals surface area contributed by atoms with Crippen molar-refractivity contribution < 1.29 is 9.53 Å². The lowest BCUT2D eigenvalue weighted by atomic mass is 10.0. The quantitative estimate of drug-likeness (QED) is 0.653. The topological polar surface area (TPSA) is 41.6 Å². The first-order chi connectivity index (χ1) is 7.61. The van der Waals surface area contributed by atoms with E-state index in [1.807, 2.05) is 6.92 Å². The first-order valence-electron chi connectivity index (χ1n) is 5.84. The fraction of sp³-hybridized carbons (Fsp3) is 0.750. The second-order valence-electron chi connectivity index (χ2n) is 4.47. The monoisotopic (exact) mass is 226 g/mol. The van der Waals surface area contributed by atoms with Crippen LogP contribution in [0.4, 0.5) is 0 Å². The van der Waals surface area contributed by atoms with E-state index in [9.17, 15) is 4.79 Å². The lowest BCUT2D eigenvalue weighted by Crippen LogP contribution is -2.59. The summed E-state index contributed by atoms with van der Waals surface area (Å²) in [5.41, 5.74) is -0.151. The number of nitrogens with zero attached hydrogens (tertiary/aromatic N) is 1. The molecule has 0 bridgehead atoms. The van der Waals surface area contributed by atoms with Crippen molar-refractivity contribution in [3.05, 3.63) is 12.7 Å². The second-order valence-corrected chi connectivity index (χ2v) is 4.47. The van der Waals surface area contributed by atoms with Crippen molar-refractivity contribution in [1.82, 2.24) is 10.2 Å². The highest BCUT2D eigenvalue weighted by Crippen LogP contribution is 2.15. The van der Waals surface area contributed by atoms with Crippen molar-refractivity contribution in [2.75, 3.05) is 32.8 Å². The van der Waals surface area contributed by atoms with E-state index in [-0.39, 0.29) is 18.1 Å². The van der Waals surface area contributed by atoms with Crippen molar-refractivity contribution in [3.8, 4) is 0 Å². The van der Waals surface area contributed by atoms with Crippen molar-refractivity contribution in [3.63, 3.8) is 0 Å². The summed E-state index contributed by atoms with van der Waals surface area (Å²) in [6.45, 7) is 10.9. The highest BCUT2D eigenvalue weighted by Gasteiger charge is 2.33. The Morgan fingerprint density at radius 2 is 2.31 bits per heavy atom. The Bertz CT molecular complexity index is 249. The summed E-state index contributed by atoms with van der Waals surface area (Å²) in [6.07, 6.45) is 2.71. The van der Waals surface area contributed by atoms with Gasteiger partial charge in [0.2, 0.25) is 5.91 Å². The third kappa shape index (κ3) is 3.61. The predicted molar refractivity (Wildman–Crippen MR) is 64.3 cm³/mol. The predicted octanol–water partition coefficient (Wildman–Crippen LogP) is 0.790. The maximum absolute atomic E-state index is 11.8. The average molecular weight is 226 g/mol. The van der Waals surface area contributed by atoms with Crippen molar-refractivity contribution in [2.24, 2.45) is 0 Å². The molecule has 4 heteroatoms. The van der Waals surface area contributed by atoms with Crippen LogP contribution in [0.25, 0.3) is 0 Å². The molecule has 1 fully saturated rings. The van der Waals surface area contributed by atoms with Gasteiger partial charge in [-0.1, -0.05) is 13.0 Å². The van der Waals surface area contributed by atoms with Crippen LogP contribution in [-0.4, -0.2) is 49.2 Å². The van der Waals surface area contributed by atoms with Crippen LogP contribution in [-0.2, 0) is 9.53 Å². The summed E-state index contributed by atoms with van der Waals surface area (Å²) in [7, 11) is 0. The minimum atomic E-state index is -0.151. The van der Waals surface area contributed by atoms with Crippen LogP contribution < -0.4 is 5.32 Å². The summed E-state index contributed by atoms with van der Waals surface area (Å²) in [6, 6.07) is 0. The normalized spacial score (nSPS) is 17.6. The standard InChI is InChI=1S/C12H22N2O2/c1-4-6-14(7-5-2)11(15)8-16-12(3)9-13-10-12/h4,13H,1,5-10H2,2-3H3. The van der Waals surface area contributed by atoms with Gasteiger partial charge in [0.1, 0.15) is 6.61 Å². The summed E-state index contributed by atoms with van der Waals surface area (Å²) in [4.78, 5) is 13.6. The van der Waals surface area contributed by atoms with Crippen LogP contribution in [0, 0.1) is 0 Å². The Labute approximate surface area is 97.6 Å². The smallest absolute Gasteiger partial charge is 0.248 e. The zero-order valence-corrected chi connectivity index (χ0v) is 10.3. The van der Waals surface area contributed by atoms with E-state index in [0.717, 1.165) is 26.1 Å². The number of ether oxygens (including phenoxy) is 1. The summed E-state index contributed by atoms with van der Waals surface area (Å²) in [5, 5.41) is 3.14. The lowest BCUT2D eigenvalue weighted by molar-refractivity contribution is -0.145. The molecule has 0 atom stereocenters. The van der Waals surface area contributed by atoms with Crippen LogP contribution in [0.5, 0.6) is 0 Å². The van der Waals surface area contributed by atoms with Crippen molar-refractivity contribution >= 4 is 5.91 Å². The van der Waals surface area contributed by atoms with Gasteiger partial charge >= 0.3 is 0 Å². The molecule has 1 heterocycles. The number of hydrogen-bond acceptors (Lipinski definition) is 3. The maximum Gasteiger partial charge on any atom is 0.248 e. The molecular formula is C12H22N2O2. The minimum absolute atomic E-state index is 0.0508. The van der Waals surface area contributed by atoms with E-state index in [1.165, 1.54) is 0 Å². The molecule has 0 aromatic heterocycles. The van der Waals surface area contributed by atoms with E-state index >= 15 is 0 Å². The first-order valence-corrected chi connectivity index (χ1v) is 5.84. The second kappa shape index (κ2) is 6.01. The van der Waals surface area contributed by atoms with Gasteiger partial charge < -0.3 is 15.0 Å². The molecule has 0 unspecified atom stereocenters. The third-order valence-electron chi connectivity index (χ3n) is 2.74. The largest absolute Gasteiger partial charge is 0.363 e. The van der Waals surface area contributed by atoms with Gasteiger partial charge in [0, 0.05) is 26.2 Å². The molecule has 4 nitrogen and oxygen atoms in total. The van der Waals surface area contributed by atoms with Gasteiger partial charge in [0.05, 0.1) is 5.60 Å². The maximum atomic E-state index is 11.8. The van der Waals surface area contributed by atoms with Crippen molar-refractivity contribution in [2.45, 2.75) is 25.9 Å². The Kier molecular flexibility index (Phi) is 4.96. The van der Waals surface area contributed by atoms with Gasteiger partial charge in [-0.05, 0) is 13.3 Å². The van der Waals surface area contributed by atoms with Crippen LogP contribution in [0.15, 0.2) is 12.7 Å². The molecule has 1 aliphatic rings. The molecule has 1 amide bonds. The summed E-state index contributed by atoms with van der Waals surface area (Å²) < 4.78 is 5.61. The SMILES string of the molecule is C=CCN(CCC)C(=O)COC1(C)CNC1. The minimum Gasteiger partial charge on any atom is -0.363 e. The number of hydrogen-bond donors (Lipinski definition) is 1. The molecule has 1 saturated heterocycles. The number of carbonyl (C=O) groups is 1. The highest BCUT2D eigenvalue weighted by atomic mass is 16.5. The van der Waals surface area contributed by atoms with Gasteiger partial charge in [0.25, 0.3) is 0 Å². The Morgan fingerprint density at radius 1 is 1.62 bits per heavy atom. The van der Waals surface area contributed by atoms with E-state index in [4.69, 9.17) is 4.74 Å². The number of carbonyl (C=O) groups excluding carboxylic acids is 1. The lowest BCUT2D eigenvalue weighted by Gasteiger charge is -2.39. The van der Waals surface area contributed by atoms with E-state index in [0.29, 0.717) is 6.54 Å². The zero-order chi connectivity index (χ0) is 12.0. The average Bonchev–Trinajstić information content (AvgIpc) is 2.23. The van der Waals surface area contributed by atoms with Gasteiger partial charge in [0.15, 0.2) is 0 Å². The molecule has 0 aromatic carbocycles. The third-order valence-corrected chi connectivity index (χ3v) is 2.74. The Balaban J connectivity index is 2.32. The summed E-state index contributed by atoms with van der Waals surface area (Å²) >= 11 is 0. The number of nitrogens with one attached hydrogen (secondary N) is 1. The van der Waals surface area contributed by atoms with E-state index in [1.54, 1.807) is 11.0 Å². The van der Waals surface area contributed by atoms with Gasteiger partial charge in [-0.2, -0.15) is 0 Å². The molecule has 0 aromatic rings. The molecular weight excluding hydrogens is 204 g/mol. The molecule has 1 rings (SSSR count). The summed E-state index contributed by atoms with van der Waals surface area (Å²) in [5.74, 6) is 0.0508.